The Balaban J connectivity index is 2.27. The highest BCUT2D eigenvalue weighted by atomic mass is 79.9. The van der Waals surface area contributed by atoms with Gasteiger partial charge in [0.05, 0.1) is 0 Å². The Kier molecular flexibility index (Phi) is 1.89. The monoisotopic (exact) mass is 282 g/mol. The number of benzene rings is 2. The van der Waals surface area contributed by atoms with E-state index < -0.39 is 0 Å². The highest BCUT2D eigenvalue weighted by molar-refractivity contribution is 9.10. The minimum absolute atomic E-state index is 1.05. The lowest BCUT2D eigenvalue weighted by Crippen LogP contribution is -2.03. The highest BCUT2D eigenvalue weighted by Crippen LogP contribution is 2.42. The number of rotatable bonds is 0. The fraction of sp³-hybridized carbons (Fsp3) is 0.125. The van der Waals surface area contributed by atoms with Gasteiger partial charge in [0.1, 0.15) is 0 Å². The van der Waals surface area contributed by atoms with E-state index in [9.17, 15) is 0 Å². The van der Waals surface area contributed by atoms with E-state index in [1.54, 1.807) is 0 Å². The molecular weight excluding hydrogens is 272 g/mol. The molecule has 82 valence electrons. The van der Waals surface area contributed by atoms with E-state index in [0.717, 1.165) is 12.8 Å². The van der Waals surface area contributed by atoms with E-state index in [4.69, 9.17) is 0 Å². The molecule has 0 heterocycles. The highest BCUT2D eigenvalue weighted by Gasteiger charge is 2.20. The van der Waals surface area contributed by atoms with Crippen molar-refractivity contribution in [3.05, 3.63) is 57.6 Å². The van der Waals surface area contributed by atoms with Crippen LogP contribution >= 0.6 is 15.9 Å². The van der Waals surface area contributed by atoms with Crippen molar-refractivity contribution in [1.82, 2.24) is 0 Å². The smallest absolute Gasteiger partial charge is 0.0217 e. The Hall–Kier alpha value is -1.34. The molecule has 0 radical (unpaired) electrons. The number of hydrogen-bond donors (Lipinski definition) is 0. The summed E-state index contributed by atoms with van der Waals surface area (Å²) >= 11 is 3.68. The Bertz CT molecular complexity index is 705. The molecule has 2 aromatic carbocycles. The van der Waals surface area contributed by atoms with Gasteiger partial charge < -0.3 is 0 Å². The SMILES string of the molecule is Brc1ccc2ccc3c4c2c1CC=C4CC=C3. The molecule has 1 heteroatoms. The average Bonchev–Trinajstić information content (AvgIpc) is 2.38. The molecule has 2 aliphatic carbocycles. The van der Waals surface area contributed by atoms with Crippen molar-refractivity contribution >= 4 is 38.4 Å². The summed E-state index contributed by atoms with van der Waals surface area (Å²) in [7, 11) is 0. The molecule has 0 spiro atoms. The molecule has 0 atom stereocenters. The zero-order valence-corrected chi connectivity index (χ0v) is 10.9. The molecule has 0 saturated heterocycles. The van der Waals surface area contributed by atoms with Crippen molar-refractivity contribution in [3.8, 4) is 0 Å². The average molecular weight is 283 g/mol. The third-order valence-electron chi connectivity index (χ3n) is 3.78. The van der Waals surface area contributed by atoms with Gasteiger partial charge in [0.25, 0.3) is 0 Å². The molecule has 2 aliphatic rings. The lowest BCUT2D eigenvalue weighted by Gasteiger charge is -2.23. The van der Waals surface area contributed by atoms with Crippen LogP contribution in [0.4, 0.5) is 0 Å². The zero-order chi connectivity index (χ0) is 11.4. The van der Waals surface area contributed by atoms with Crippen molar-refractivity contribution in [2.24, 2.45) is 0 Å². The second-order valence-corrected chi connectivity index (χ2v) is 5.55. The van der Waals surface area contributed by atoms with Crippen LogP contribution in [-0.2, 0) is 6.42 Å². The maximum atomic E-state index is 3.68. The van der Waals surface area contributed by atoms with Gasteiger partial charge in [-0.2, -0.15) is 0 Å². The minimum atomic E-state index is 1.05. The van der Waals surface area contributed by atoms with Gasteiger partial charge in [0.15, 0.2) is 0 Å². The van der Waals surface area contributed by atoms with Crippen molar-refractivity contribution in [2.75, 3.05) is 0 Å². The van der Waals surface area contributed by atoms with Crippen molar-refractivity contribution in [2.45, 2.75) is 12.8 Å². The van der Waals surface area contributed by atoms with Crippen LogP contribution in [0, 0.1) is 0 Å². The van der Waals surface area contributed by atoms with Gasteiger partial charge in [0.2, 0.25) is 0 Å². The molecule has 0 aromatic heterocycles. The third kappa shape index (κ3) is 1.23. The molecule has 0 bridgehead atoms. The van der Waals surface area contributed by atoms with Crippen molar-refractivity contribution in [3.63, 3.8) is 0 Å². The normalized spacial score (nSPS) is 16.2. The number of halogens is 1. The van der Waals surface area contributed by atoms with Crippen LogP contribution in [0.1, 0.15) is 23.1 Å². The molecule has 0 fully saturated rings. The molecule has 0 amide bonds. The Morgan fingerprint density at radius 2 is 1.88 bits per heavy atom. The Morgan fingerprint density at radius 3 is 2.82 bits per heavy atom. The van der Waals surface area contributed by atoms with E-state index in [1.165, 1.54) is 37.5 Å². The third-order valence-corrected chi connectivity index (χ3v) is 4.52. The van der Waals surface area contributed by atoms with Crippen LogP contribution in [0.25, 0.3) is 22.4 Å². The quantitative estimate of drug-likeness (QED) is 0.641. The molecule has 0 unspecified atom stereocenters. The lowest BCUT2D eigenvalue weighted by atomic mass is 9.81. The van der Waals surface area contributed by atoms with Crippen LogP contribution in [-0.4, -0.2) is 0 Å². The van der Waals surface area contributed by atoms with Crippen molar-refractivity contribution < 1.29 is 0 Å². The summed E-state index contributed by atoms with van der Waals surface area (Å²) in [6.07, 6.45) is 9.04. The molecular formula is C16H11Br. The van der Waals surface area contributed by atoms with E-state index >= 15 is 0 Å². The van der Waals surface area contributed by atoms with Gasteiger partial charge >= 0.3 is 0 Å². The van der Waals surface area contributed by atoms with E-state index in [2.05, 4.69) is 58.4 Å². The molecule has 0 nitrogen and oxygen atoms in total. The second-order valence-electron chi connectivity index (χ2n) is 4.69. The van der Waals surface area contributed by atoms with E-state index in [-0.39, 0.29) is 0 Å². The van der Waals surface area contributed by atoms with Gasteiger partial charge in [-0.25, -0.2) is 0 Å². The lowest BCUT2D eigenvalue weighted by molar-refractivity contribution is 1.22. The first-order valence-electron chi connectivity index (χ1n) is 5.94. The van der Waals surface area contributed by atoms with Crippen LogP contribution < -0.4 is 0 Å². The maximum absolute atomic E-state index is 3.68. The number of hydrogen-bond acceptors (Lipinski definition) is 0. The fourth-order valence-corrected chi connectivity index (χ4v) is 3.48. The minimum Gasteiger partial charge on any atom is -0.0795 e. The standard InChI is InChI=1S/C16H11Br/c17-14-9-7-12-5-4-10-2-1-3-11-6-8-13(14)16(12)15(10)11/h1-2,4-7,9H,3,8H2. The van der Waals surface area contributed by atoms with Gasteiger partial charge in [-0.05, 0) is 51.9 Å². The van der Waals surface area contributed by atoms with Crippen molar-refractivity contribution in [1.29, 1.82) is 0 Å². The predicted octanol–water partition coefficient (Wildman–Crippen LogP) is 4.96. The summed E-state index contributed by atoms with van der Waals surface area (Å²) in [6, 6.07) is 8.86. The summed E-state index contributed by atoms with van der Waals surface area (Å²) in [5.41, 5.74) is 5.78. The maximum Gasteiger partial charge on any atom is 0.0217 e. The first kappa shape index (κ1) is 9.67. The van der Waals surface area contributed by atoms with Gasteiger partial charge in [-0.1, -0.05) is 52.4 Å². The summed E-state index contributed by atoms with van der Waals surface area (Å²) in [4.78, 5) is 0. The Labute approximate surface area is 109 Å². The summed E-state index contributed by atoms with van der Waals surface area (Å²) < 4.78 is 1.24. The zero-order valence-electron chi connectivity index (χ0n) is 9.33. The number of allylic oxidation sites excluding steroid dienone is 3. The van der Waals surface area contributed by atoms with Crippen LogP contribution in [0.3, 0.4) is 0 Å². The first-order valence-corrected chi connectivity index (χ1v) is 6.74. The topological polar surface area (TPSA) is 0 Å². The summed E-state index contributed by atoms with van der Waals surface area (Å²) in [5.74, 6) is 0. The molecule has 4 rings (SSSR count). The van der Waals surface area contributed by atoms with Gasteiger partial charge in [-0.15, -0.1) is 0 Å². The van der Waals surface area contributed by atoms with E-state index in [0.29, 0.717) is 0 Å². The second kappa shape index (κ2) is 3.33. The molecule has 17 heavy (non-hydrogen) atoms. The Morgan fingerprint density at radius 1 is 1.00 bits per heavy atom. The molecule has 0 aliphatic heterocycles. The fourth-order valence-electron chi connectivity index (χ4n) is 2.99. The largest absolute Gasteiger partial charge is 0.0795 e. The van der Waals surface area contributed by atoms with Crippen LogP contribution in [0.15, 0.2) is 40.9 Å². The summed E-state index contributed by atoms with van der Waals surface area (Å²) in [5, 5.41) is 2.82. The van der Waals surface area contributed by atoms with Crippen LogP contribution in [0.5, 0.6) is 0 Å². The van der Waals surface area contributed by atoms with Gasteiger partial charge in [-0.3, -0.25) is 0 Å². The van der Waals surface area contributed by atoms with Gasteiger partial charge in [0, 0.05) is 4.47 Å². The predicted molar refractivity (Wildman–Crippen MR) is 77.0 cm³/mol. The van der Waals surface area contributed by atoms with Crippen LogP contribution in [0.2, 0.25) is 0 Å². The van der Waals surface area contributed by atoms with E-state index in [1.807, 2.05) is 0 Å². The first-order chi connectivity index (χ1) is 8.34. The molecule has 0 N–H and O–H groups in total. The summed E-state index contributed by atoms with van der Waals surface area (Å²) in [6.45, 7) is 0. The molecule has 0 saturated carbocycles. The molecule has 2 aromatic rings.